The van der Waals surface area contributed by atoms with Gasteiger partial charge < -0.3 is 9.73 Å². The van der Waals surface area contributed by atoms with Gasteiger partial charge in [0.25, 0.3) is 5.91 Å². The van der Waals surface area contributed by atoms with E-state index in [2.05, 4.69) is 5.32 Å². The Bertz CT molecular complexity index is 333. The van der Waals surface area contributed by atoms with Crippen LogP contribution in [0.4, 0.5) is 0 Å². The van der Waals surface area contributed by atoms with Gasteiger partial charge in [0.1, 0.15) is 0 Å². The van der Waals surface area contributed by atoms with E-state index in [9.17, 15) is 4.79 Å². The quantitative estimate of drug-likeness (QED) is 0.848. The molecule has 1 aliphatic rings. The summed E-state index contributed by atoms with van der Waals surface area (Å²) in [7, 11) is 0. The minimum atomic E-state index is -0.176. The Kier molecular flexibility index (Phi) is 3.03. The van der Waals surface area contributed by atoms with Crippen LogP contribution < -0.4 is 5.32 Å². The van der Waals surface area contributed by atoms with Crippen molar-refractivity contribution in [3.63, 3.8) is 0 Å². The van der Waals surface area contributed by atoms with Crippen molar-refractivity contribution in [2.75, 3.05) is 11.5 Å². The molecule has 1 aliphatic heterocycles. The van der Waals surface area contributed by atoms with Crippen LogP contribution in [0.25, 0.3) is 0 Å². The van der Waals surface area contributed by atoms with Crippen molar-refractivity contribution in [3.8, 4) is 0 Å². The average molecular weight is 232 g/mol. The molecule has 1 aromatic rings. The molecule has 0 aliphatic carbocycles. The Hall–Kier alpha value is -0.610. The second-order valence-corrected chi connectivity index (χ2v) is 4.66. The SMILES string of the molecule is O=C(NC1CCSC1)c1ccc(Cl)o1. The Morgan fingerprint density at radius 3 is 3.07 bits per heavy atom. The molecule has 1 atom stereocenters. The summed E-state index contributed by atoms with van der Waals surface area (Å²) in [6.07, 6.45) is 1.03. The summed E-state index contributed by atoms with van der Waals surface area (Å²) >= 11 is 7.42. The van der Waals surface area contributed by atoms with Crippen molar-refractivity contribution < 1.29 is 9.21 Å². The summed E-state index contributed by atoms with van der Waals surface area (Å²) < 4.78 is 5.00. The normalized spacial score (nSPS) is 21.1. The molecule has 2 heterocycles. The molecule has 2 rings (SSSR count). The summed E-state index contributed by atoms with van der Waals surface area (Å²) in [6, 6.07) is 3.43. The monoisotopic (exact) mass is 231 g/mol. The van der Waals surface area contributed by atoms with Crippen LogP contribution in [0.3, 0.4) is 0 Å². The van der Waals surface area contributed by atoms with E-state index in [0.717, 1.165) is 17.9 Å². The number of carbonyl (C=O) groups is 1. The summed E-state index contributed by atoms with van der Waals surface area (Å²) in [5.41, 5.74) is 0. The van der Waals surface area contributed by atoms with E-state index < -0.39 is 0 Å². The molecule has 0 bridgehead atoms. The van der Waals surface area contributed by atoms with Crippen LogP contribution in [0.15, 0.2) is 16.5 Å². The fourth-order valence-corrected chi connectivity index (χ4v) is 2.64. The van der Waals surface area contributed by atoms with Crippen molar-refractivity contribution in [1.82, 2.24) is 5.32 Å². The number of amides is 1. The van der Waals surface area contributed by atoms with Gasteiger partial charge in [-0.05, 0) is 35.9 Å². The number of hydrogen-bond donors (Lipinski definition) is 1. The Morgan fingerprint density at radius 1 is 1.64 bits per heavy atom. The number of hydrogen-bond acceptors (Lipinski definition) is 3. The van der Waals surface area contributed by atoms with Crippen LogP contribution in [-0.4, -0.2) is 23.5 Å². The first-order valence-electron chi connectivity index (χ1n) is 4.39. The zero-order valence-corrected chi connectivity index (χ0v) is 9.03. The van der Waals surface area contributed by atoms with Gasteiger partial charge in [-0.25, -0.2) is 0 Å². The number of carbonyl (C=O) groups excluding carboxylic acids is 1. The number of halogens is 1. The van der Waals surface area contributed by atoms with E-state index in [-0.39, 0.29) is 22.9 Å². The smallest absolute Gasteiger partial charge is 0.287 e. The Labute approximate surface area is 91.2 Å². The highest BCUT2D eigenvalue weighted by atomic mass is 35.5. The molecular weight excluding hydrogens is 222 g/mol. The van der Waals surface area contributed by atoms with Gasteiger partial charge in [0.15, 0.2) is 11.0 Å². The molecule has 1 unspecified atom stereocenters. The highest BCUT2D eigenvalue weighted by Crippen LogP contribution is 2.18. The van der Waals surface area contributed by atoms with Gasteiger partial charge in [0, 0.05) is 11.8 Å². The first-order chi connectivity index (χ1) is 6.75. The third-order valence-corrected chi connectivity index (χ3v) is 3.43. The third kappa shape index (κ3) is 2.25. The van der Waals surface area contributed by atoms with Gasteiger partial charge in [0.05, 0.1) is 0 Å². The number of nitrogens with one attached hydrogen (secondary N) is 1. The van der Waals surface area contributed by atoms with Crippen molar-refractivity contribution in [2.24, 2.45) is 0 Å². The molecule has 1 amide bonds. The lowest BCUT2D eigenvalue weighted by molar-refractivity contribution is 0.0913. The maximum absolute atomic E-state index is 11.5. The predicted octanol–water partition coefficient (Wildman–Crippen LogP) is 2.17. The number of rotatable bonds is 2. The van der Waals surface area contributed by atoms with Crippen molar-refractivity contribution in [3.05, 3.63) is 23.1 Å². The minimum absolute atomic E-state index is 0.176. The van der Waals surface area contributed by atoms with Crippen LogP contribution in [0.5, 0.6) is 0 Å². The average Bonchev–Trinajstić information content (AvgIpc) is 2.75. The van der Waals surface area contributed by atoms with Crippen LogP contribution in [0.1, 0.15) is 17.0 Å². The second kappa shape index (κ2) is 4.28. The summed E-state index contributed by atoms with van der Waals surface area (Å²) in [5.74, 6) is 2.21. The molecule has 0 spiro atoms. The van der Waals surface area contributed by atoms with Gasteiger partial charge in [-0.3, -0.25) is 4.79 Å². The molecule has 0 saturated carbocycles. The van der Waals surface area contributed by atoms with Crippen LogP contribution in [0, 0.1) is 0 Å². The standard InChI is InChI=1S/C9H10ClNO2S/c10-8-2-1-7(13-8)9(12)11-6-3-4-14-5-6/h1-2,6H,3-5H2,(H,11,12). The largest absolute Gasteiger partial charge is 0.440 e. The Morgan fingerprint density at radius 2 is 2.50 bits per heavy atom. The minimum Gasteiger partial charge on any atom is -0.440 e. The zero-order valence-electron chi connectivity index (χ0n) is 7.46. The fourth-order valence-electron chi connectivity index (χ4n) is 1.34. The van der Waals surface area contributed by atoms with Gasteiger partial charge >= 0.3 is 0 Å². The molecule has 3 nitrogen and oxygen atoms in total. The molecule has 1 fully saturated rings. The van der Waals surface area contributed by atoms with Gasteiger partial charge in [0.2, 0.25) is 0 Å². The molecule has 0 radical (unpaired) electrons. The highest BCUT2D eigenvalue weighted by molar-refractivity contribution is 7.99. The molecule has 1 N–H and O–H groups in total. The van der Waals surface area contributed by atoms with Crippen molar-refractivity contribution >= 4 is 29.3 Å². The molecular formula is C9H10ClNO2S. The molecule has 1 aromatic heterocycles. The van der Waals surface area contributed by atoms with Crippen LogP contribution in [-0.2, 0) is 0 Å². The first kappa shape index (κ1) is 9.93. The van der Waals surface area contributed by atoms with Crippen molar-refractivity contribution in [1.29, 1.82) is 0 Å². The van der Waals surface area contributed by atoms with Gasteiger partial charge in [-0.2, -0.15) is 11.8 Å². The summed E-state index contributed by atoms with van der Waals surface area (Å²) in [5, 5.41) is 3.14. The maximum Gasteiger partial charge on any atom is 0.287 e. The van der Waals surface area contributed by atoms with Crippen molar-refractivity contribution in [2.45, 2.75) is 12.5 Å². The topological polar surface area (TPSA) is 42.2 Å². The first-order valence-corrected chi connectivity index (χ1v) is 5.93. The highest BCUT2D eigenvalue weighted by Gasteiger charge is 2.19. The number of thioether (sulfide) groups is 1. The lowest BCUT2D eigenvalue weighted by Crippen LogP contribution is -2.34. The summed E-state index contributed by atoms with van der Waals surface area (Å²) in [6.45, 7) is 0. The predicted molar refractivity (Wildman–Crippen MR) is 56.9 cm³/mol. The molecule has 0 aromatic carbocycles. The maximum atomic E-state index is 11.5. The molecule has 1 saturated heterocycles. The van der Waals surface area contributed by atoms with Gasteiger partial charge in [-0.1, -0.05) is 0 Å². The summed E-state index contributed by atoms with van der Waals surface area (Å²) in [4.78, 5) is 11.5. The lowest BCUT2D eigenvalue weighted by Gasteiger charge is -2.08. The van der Waals surface area contributed by atoms with E-state index in [4.69, 9.17) is 16.0 Å². The van der Waals surface area contributed by atoms with E-state index >= 15 is 0 Å². The second-order valence-electron chi connectivity index (χ2n) is 3.14. The fraction of sp³-hybridized carbons (Fsp3) is 0.444. The zero-order chi connectivity index (χ0) is 9.97. The van der Waals surface area contributed by atoms with E-state index in [1.165, 1.54) is 0 Å². The van der Waals surface area contributed by atoms with E-state index in [1.807, 2.05) is 11.8 Å². The van der Waals surface area contributed by atoms with Crippen LogP contribution in [0.2, 0.25) is 5.22 Å². The number of furan rings is 1. The Balaban J connectivity index is 1.95. The van der Waals surface area contributed by atoms with Gasteiger partial charge in [-0.15, -0.1) is 0 Å². The van der Waals surface area contributed by atoms with E-state index in [1.54, 1.807) is 12.1 Å². The van der Waals surface area contributed by atoms with E-state index in [0.29, 0.717) is 0 Å². The lowest BCUT2D eigenvalue weighted by atomic mass is 10.2. The molecule has 76 valence electrons. The third-order valence-electron chi connectivity index (χ3n) is 2.06. The molecule has 5 heteroatoms. The van der Waals surface area contributed by atoms with Crippen LogP contribution >= 0.6 is 23.4 Å². The molecule has 14 heavy (non-hydrogen) atoms.